The fourth-order valence-electron chi connectivity index (χ4n) is 3.59. The molecule has 0 bridgehead atoms. The van der Waals surface area contributed by atoms with Gasteiger partial charge in [-0.15, -0.1) is 0 Å². The maximum Gasteiger partial charge on any atom is 0.161 e. The number of aliphatic imine (C=N–C) groups is 1. The molecule has 156 valence electrons. The van der Waals surface area contributed by atoms with Crippen molar-refractivity contribution in [2.75, 3.05) is 6.61 Å². The average molecular weight is 410 g/mol. The van der Waals surface area contributed by atoms with Crippen LogP contribution in [0.25, 0.3) is 10.8 Å². The van der Waals surface area contributed by atoms with Crippen LogP contribution in [0.1, 0.15) is 29.2 Å². The maximum atomic E-state index is 6.17. The maximum absolute atomic E-state index is 6.17. The predicted molar refractivity (Wildman–Crippen MR) is 129 cm³/mol. The Morgan fingerprint density at radius 2 is 1.61 bits per heavy atom. The average Bonchev–Trinajstić information content (AvgIpc) is 2.79. The van der Waals surface area contributed by atoms with Gasteiger partial charge in [0.15, 0.2) is 11.5 Å². The van der Waals surface area contributed by atoms with Gasteiger partial charge < -0.3 is 9.47 Å². The molecule has 0 saturated heterocycles. The van der Waals surface area contributed by atoms with E-state index >= 15 is 0 Å². The van der Waals surface area contributed by atoms with Crippen LogP contribution >= 0.6 is 0 Å². The molecule has 4 rings (SSSR count). The van der Waals surface area contributed by atoms with Gasteiger partial charge in [-0.25, -0.2) is 0 Å². The number of fused-ring (bicyclic) bond motifs is 1. The zero-order valence-electron chi connectivity index (χ0n) is 18.3. The smallest absolute Gasteiger partial charge is 0.161 e. The first-order valence-corrected chi connectivity index (χ1v) is 10.6. The summed E-state index contributed by atoms with van der Waals surface area (Å²) in [6.45, 7) is 7.23. The van der Waals surface area contributed by atoms with Crippen LogP contribution in [0.2, 0.25) is 0 Å². The van der Waals surface area contributed by atoms with Gasteiger partial charge in [0.05, 0.1) is 12.3 Å². The zero-order valence-corrected chi connectivity index (χ0v) is 18.3. The van der Waals surface area contributed by atoms with E-state index in [-0.39, 0.29) is 0 Å². The first-order valence-electron chi connectivity index (χ1n) is 10.6. The quantitative estimate of drug-likeness (QED) is 0.303. The summed E-state index contributed by atoms with van der Waals surface area (Å²) in [5.74, 6) is 1.46. The second kappa shape index (κ2) is 9.48. The van der Waals surface area contributed by atoms with Crippen LogP contribution in [0.15, 0.2) is 83.9 Å². The molecular weight excluding hydrogens is 382 g/mol. The van der Waals surface area contributed by atoms with Gasteiger partial charge in [-0.05, 0) is 78.1 Å². The Hall–Kier alpha value is -3.59. The highest BCUT2D eigenvalue weighted by Crippen LogP contribution is 2.30. The van der Waals surface area contributed by atoms with E-state index in [1.165, 1.54) is 21.9 Å². The Morgan fingerprint density at radius 1 is 0.806 bits per heavy atom. The lowest BCUT2D eigenvalue weighted by Crippen LogP contribution is -2.01. The predicted octanol–water partition coefficient (Wildman–Crippen LogP) is 7.18. The fourth-order valence-corrected chi connectivity index (χ4v) is 3.59. The second-order valence-electron chi connectivity index (χ2n) is 7.54. The number of aryl methyl sites for hydroxylation is 1. The van der Waals surface area contributed by atoms with Crippen LogP contribution in [0.5, 0.6) is 11.5 Å². The number of rotatable bonds is 7. The summed E-state index contributed by atoms with van der Waals surface area (Å²) < 4.78 is 12.0. The Morgan fingerprint density at radius 3 is 2.48 bits per heavy atom. The lowest BCUT2D eigenvalue weighted by atomic mass is 10.1. The van der Waals surface area contributed by atoms with Gasteiger partial charge in [-0.2, -0.15) is 0 Å². The Balaban J connectivity index is 1.56. The summed E-state index contributed by atoms with van der Waals surface area (Å²) >= 11 is 0. The summed E-state index contributed by atoms with van der Waals surface area (Å²) in [7, 11) is 0. The van der Waals surface area contributed by atoms with Gasteiger partial charge in [0.1, 0.15) is 6.61 Å². The summed E-state index contributed by atoms with van der Waals surface area (Å²) in [5.41, 5.74) is 5.54. The highest BCUT2D eigenvalue weighted by molar-refractivity contribution is 5.85. The largest absolute Gasteiger partial charge is 0.490 e. The topological polar surface area (TPSA) is 30.8 Å². The molecule has 0 amide bonds. The van der Waals surface area contributed by atoms with Gasteiger partial charge in [0.2, 0.25) is 0 Å². The number of hydrogen-bond acceptors (Lipinski definition) is 3. The van der Waals surface area contributed by atoms with Crippen molar-refractivity contribution in [1.29, 1.82) is 0 Å². The van der Waals surface area contributed by atoms with Gasteiger partial charge in [-0.3, -0.25) is 4.99 Å². The minimum atomic E-state index is 0.483. The molecule has 0 radical (unpaired) electrons. The van der Waals surface area contributed by atoms with E-state index in [9.17, 15) is 0 Å². The van der Waals surface area contributed by atoms with E-state index in [1.807, 2.05) is 43.5 Å². The van der Waals surface area contributed by atoms with Crippen LogP contribution < -0.4 is 9.47 Å². The SMILES string of the molecule is CCOc1cc(C=Nc2cccc(C)c2C)ccc1OCc1cccc2ccccc12. The highest BCUT2D eigenvalue weighted by Gasteiger charge is 2.08. The van der Waals surface area contributed by atoms with E-state index in [0.717, 1.165) is 28.3 Å². The van der Waals surface area contributed by atoms with Crippen molar-refractivity contribution in [1.82, 2.24) is 0 Å². The summed E-state index contributed by atoms with van der Waals surface area (Å²) in [6.07, 6.45) is 1.87. The first kappa shape index (κ1) is 20.7. The van der Waals surface area contributed by atoms with E-state index in [2.05, 4.69) is 67.4 Å². The second-order valence-corrected chi connectivity index (χ2v) is 7.54. The van der Waals surface area contributed by atoms with E-state index in [4.69, 9.17) is 9.47 Å². The van der Waals surface area contributed by atoms with E-state index < -0.39 is 0 Å². The van der Waals surface area contributed by atoms with Crippen molar-refractivity contribution in [2.24, 2.45) is 4.99 Å². The van der Waals surface area contributed by atoms with Gasteiger partial charge in [0, 0.05) is 6.21 Å². The molecule has 0 atom stereocenters. The summed E-state index contributed by atoms with van der Waals surface area (Å²) in [5, 5.41) is 2.42. The molecule has 3 heteroatoms. The van der Waals surface area contributed by atoms with Crippen LogP contribution in [0.3, 0.4) is 0 Å². The van der Waals surface area contributed by atoms with Crippen molar-refractivity contribution >= 4 is 22.7 Å². The lowest BCUT2D eigenvalue weighted by Gasteiger charge is -2.14. The molecule has 4 aromatic carbocycles. The Labute approximate surface area is 184 Å². The van der Waals surface area contributed by atoms with Crippen molar-refractivity contribution in [2.45, 2.75) is 27.4 Å². The van der Waals surface area contributed by atoms with Crippen molar-refractivity contribution in [3.63, 3.8) is 0 Å². The summed E-state index contributed by atoms with van der Waals surface area (Å²) in [4.78, 5) is 4.67. The third kappa shape index (κ3) is 4.77. The molecule has 0 unspecified atom stereocenters. The van der Waals surface area contributed by atoms with Gasteiger partial charge >= 0.3 is 0 Å². The molecule has 0 aromatic heterocycles. The molecule has 4 aromatic rings. The molecule has 0 fully saturated rings. The van der Waals surface area contributed by atoms with Crippen LogP contribution in [0, 0.1) is 13.8 Å². The molecule has 0 aliphatic carbocycles. The molecule has 3 nitrogen and oxygen atoms in total. The van der Waals surface area contributed by atoms with Crippen molar-refractivity contribution in [3.05, 3.63) is 101 Å². The third-order valence-electron chi connectivity index (χ3n) is 5.46. The number of ether oxygens (including phenoxy) is 2. The molecule has 0 aliphatic heterocycles. The third-order valence-corrected chi connectivity index (χ3v) is 5.46. The minimum Gasteiger partial charge on any atom is -0.490 e. The molecule has 0 saturated carbocycles. The van der Waals surface area contributed by atoms with E-state index in [0.29, 0.717) is 13.2 Å². The molecular formula is C28H27NO2. The molecule has 31 heavy (non-hydrogen) atoms. The lowest BCUT2D eigenvalue weighted by molar-refractivity contribution is 0.270. The van der Waals surface area contributed by atoms with Crippen LogP contribution in [-0.4, -0.2) is 12.8 Å². The number of hydrogen-bond donors (Lipinski definition) is 0. The van der Waals surface area contributed by atoms with Crippen molar-refractivity contribution in [3.8, 4) is 11.5 Å². The highest BCUT2D eigenvalue weighted by atomic mass is 16.5. The van der Waals surface area contributed by atoms with Gasteiger partial charge in [-0.1, -0.05) is 54.6 Å². The molecule has 0 heterocycles. The van der Waals surface area contributed by atoms with Crippen molar-refractivity contribution < 1.29 is 9.47 Å². The van der Waals surface area contributed by atoms with Crippen LogP contribution in [0.4, 0.5) is 5.69 Å². The number of nitrogens with zero attached hydrogens (tertiary/aromatic N) is 1. The summed E-state index contributed by atoms with van der Waals surface area (Å²) in [6, 6.07) is 26.8. The van der Waals surface area contributed by atoms with Gasteiger partial charge in [0.25, 0.3) is 0 Å². The van der Waals surface area contributed by atoms with E-state index in [1.54, 1.807) is 0 Å². The minimum absolute atomic E-state index is 0.483. The normalized spacial score (nSPS) is 11.2. The molecule has 0 spiro atoms. The Kier molecular flexibility index (Phi) is 6.32. The Bertz CT molecular complexity index is 1220. The molecule has 0 aliphatic rings. The van der Waals surface area contributed by atoms with Crippen LogP contribution in [-0.2, 0) is 6.61 Å². The number of benzene rings is 4. The fraction of sp³-hybridized carbons (Fsp3) is 0.179. The first-order chi connectivity index (χ1) is 15.2. The standard InChI is InChI=1S/C28H27NO2/c1-4-30-28-17-22(18-29-26-14-7-9-20(2)21(26)3)15-16-27(28)31-19-24-12-8-11-23-10-5-6-13-25(23)24/h5-18H,4,19H2,1-3H3. The molecule has 0 N–H and O–H groups in total. The zero-order chi connectivity index (χ0) is 21.6. The monoisotopic (exact) mass is 409 g/mol.